The highest BCUT2D eigenvalue weighted by Crippen LogP contribution is 2.42. The summed E-state index contributed by atoms with van der Waals surface area (Å²) in [6.07, 6.45) is 6.71. The van der Waals surface area contributed by atoms with E-state index in [1.54, 1.807) is 0 Å². The van der Waals surface area contributed by atoms with Gasteiger partial charge in [0.05, 0.1) is 16.6 Å². The average molecular weight is 729 g/mol. The van der Waals surface area contributed by atoms with Crippen molar-refractivity contribution < 1.29 is 4.42 Å². The van der Waals surface area contributed by atoms with Crippen LogP contribution in [0.4, 0.5) is 0 Å². The topological polar surface area (TPSA) is 23.0 Å². The molecule has 0 unspecified atom stereocenters. The molecule has 0 saturated heterocycles. The average Bonchev–Trinajstić information content (AvgIpc) is 3.93. The number of fused-ring (bicyclic) bond motifs is 9. The van der Waals surface area contributed by atoms with E-state index in [0.29, 0.717) is 0 Å². The van der Waals surface area contributed by atoms with Crippen molar-refractivity contribution in [1.29, 1.82) is 0 Å². The van der Waals surface area contributed by atoms with E-state index in [1.165, 1.54) is 83.0 Å². The van der Waals surface area contributed by atoms with Gasteiger partial charge in [-0.3, -0.25) is 0 Å². The molecule has 0 N–H and O–H groups in total. The third-order valence-electron chi connectivity index (χ3n) is 12.0. The SMILES string of the molecule is C1=Cc2c(c3cc4c(cc3n2-c2cccc(-c3ccc(-c5ccccc5)cc3)c2)c2ccccc2n4-c2ccc3oc4ccc(-c5ccccc5)cc4c3c2)CC1. The van der Waals surface area contributed by atoms with Crippen LogP contribution in [-0.4, -0.2) is 9.13 Å². The van der Waals surface area contributed by atoms with E-state index < -0.39 is 0 Å². The zero-order valence-corrected chi connectivity index (χ0v) is 31.2. The van der Waals surface area contributed by atoms with Crippen molar-refractivity contribution in [2.24, 2.45) is 0 Å². The van der Waals surface area contributed by atoms with E-state index in [4.69, 9.17) is 4.42 Å². The van der Waals surface area contributed by atoms with Gasteiger partial charge in [0, 0.05) is 44.0 Å². The lowest BCUT2D eigenvalue weighted by Crippen LogP contribution is -2.00. The fraction of sp³-hybridized carbons (Fsp3) is 0.0370. The van der Waals surface area contributed by atoms with Gasteiger partial charge >= 0.3 is 0 Å². The minimum absolute atomic E-state index is 0.898. The molecule has 3 heteroatoms. The van der Waals surface area contributed by atoms with Crippen LogP contribution < -0.4 is 0 Å². The molecule has 0 saturated carbocycles. The summed E-state index contributed by atoms with van der Waals surface area (Å²) in [5, 5.41) is 6.05. The summed E-state index contributed by atoms with van der Waals surface area (Å²) in [5.41, 5.74) is 17.7. The lowest BCUT2D eigenvalue weighted by Gasteiger charge is -2.14. The lowest BCUT2D eigenvalue weighted by atomic mass is 9.99. The molecular formula is C54H36N2O. The number of nitrogens with zero attached hydrogens (tertiary/aromatic N) is 2. The van der Waals surface area contributed by atoms with Gasteiger partial charge in [-0.1, -0.05) is 127 Å². The molecule has 0 spiro atoms. The summed E-state index contributed by atoms with van der Waals surface area (Å²) in [4.78, 5) is 0. The molecule has 8 aromatic carbocycles. The van der Waals surface area contributed by atoms with E-state index in [1.807, 2.05) is 0 Å². The van der Waals surface area contributed by atoms with E-state index in [-0.39, 0.29) is 0 Å². The first-order valence-electron chi connectivity index (χ1n) is 19.8. The van der Waals surface area contributed by atoms with Crippen molar-refractivity contribution >= 4 is 60.7 Å². The third kappa shape index (κ3) is 5.06. The molecule has 0 fully saturated rings. The summed E-state index contributed by atoms with van der Waals surface area (Å²) < 4.78 is 11.3. The van der Waals surface area contributed by atoms with E-state index in [0.717, 1.165) is 40.5 Å². The Labute approximate surface area is 330 Å². The van der Waals surface area contributed by atoms with Crippen molar-refractivity contribution in [3.63, 3.8) is 0 Å². The maximum Gasteiger partial charge on any atom is 0.135 e. The highest BCUT2D eigenvalue weighted by molar-refractivity contribution is 6.15. The van der Waals surface area contributed by atoms with Gasteiger partial charge in [-0.15, -0.1) is 0 Å². The van der Waals surface area contributed by atoms with E-state index in [2.05, 4.69) is 203 Å². The van der Waals surface area contributed by atoms with Crippen LogP contribution in [0.15, 0.2) is 192 Å². The highest BCUT2D eigenvalue weighted by Gasteiger charge is 2.23. The summed E-state index contributed by atoms with van der Waals surface area (Å²) in [5.74, 6) is 0. The second-order valence-corrected chi connectivity index (χ2v) is 15.2. The second kappa shape index (κ2) is 12.6. The summed E-state index contributed by atoms with van der Waals surface area (Å²) >= 11 is 0. The number of rotatable bonds is 5. The molecule has 57 heavy (non-hydrogen) atoms. The molecular weight excluding hydrogens is 693 g/mol. The number of allylic oxidation sites excluding steroid dienone is 1. The Bertz CT molecular complexity index is 3380. The van der Waals surface area contributed by atoms with Crippen molar-refractivity contribution in [2.45, 2.75) is 12.8 Å². The Morgan fingerprint density at radius 2 is 0.947 bits per heavy atom. The van der Waals surface area contributed by atoms with Gasteiger partial charge in [-0.2, -0.15) is 0 Å². The minimum Gasteiger partial charge on any atom is -0.456 e. The van der Waals surface area contributed by atoms with Gasteiger partial charge < -0.3 is 13.6 Å². The first-order chi connectivity index (χ1) is 28.2. The van der Waals surface area contributed by atoms with Crippen LogP contribution in [0.1, 0.15) is 17.7 Å². The Balaban J connectivity index is 1.04. The molecule has 3 nitrogen and oxygen atoms in total. The van der Waals surface area contributed by atoms with Crippen LogP contribution >= 0.6 is 0 Å². The van der Waals surface area contributed by atoms with Crippen molar-refractivity contribution in [2.75, 3.05) is 0 Å². The van der Waals surface area contributed by atoms with Gasteiger partial charge in [-0.05, 0) is 119 Å². The molecule has 12 rings (SSSR count). The first-order valence-corrected chi connectivity index (χ1v) is 19.8. The van der Waals surface area contributed by atoms with Crippen LogP contribution in [0.2, 0.25) is 0 Å². The molecule has 3 heterocycles. The standard InChI is InChI=1S/C54H36N2O/c1-3-12-35(13-4-1)37-22-24-38(25-23-37)39-16-11-17-41(30-39)55-49-20-9-7-18-43(49)45-34-52-46(33-51(45)55)44-19-8-10-21-50(44)56(52)42-27-29-54-48(32-42)47-31-40(26-28-53(47)57-54)36-14-5-2-6-15-36/h1-6,8-17,19-34H,7,18H2. The van der Waals surface area contributed by atoms with Gasteiger partial charge in [0.15, 0.2) is 0 Å². The van der Waals surface area contributed by atoms with Crippen LogP contribution in [0.25, 0.3) is 105 Å². The monoisotopic (exact) mass is 728 g/mol. The Morgan fingerprint density at radius 1 is 0.368 bits per heavy atom. The molecule has 0 radical (unpaired) electrons. The largest absolute Gasteiger partial charge is 0.456 e. The quantitative estimate of drug-likeness (QED) is 0.173. The van der Waals surface area contributed by atoms with Crippen molar-refractivity contribution in [3.05, 3.63) is 199 Å². The lowest BCUT2D eigenvalue weighted by molar-refractivity contribution is 0.669. The highest BCUT2D eigenvalue weighted by atomic mass is 16.3. The number of hydrogen-bond donors (Lipinski definition) is 0. The van der Waals surface area contributed by atoms with Crippen LogP contribution in [0.5, 0.6) is 0 Å². The molecule has 0 bridgehead atoms. The zero-order valence-electron chi connectivity index (χ0n) is 31.2. The Morgan fingerprint density at radius 3 is 1.75 bits per heavy atom. The predicted octanol–water partition coefficient (Wildman–Crippen LogP) is 14.6. The first kappa shape index (κ1) is 31.9. The summed E-state index contributed by atoms with van der Waals surface area (Å²) in [6.45, 7) is 0. The molecule has 0 aliphatic heterocycles. The maximum atomic E-state index is 6.40. The predicted molar refractivity (Wildman–Crippen MR) is 239 cm³/mol. The minimum atomic E-state index is 0.898. The second-order valence-electron chi connectivity index (χ2n) is 15.2. The number of benzene rings is 8. The van der Waals surface area contributed by atoms with E-state index >= 15 is 0 Å². The van der Waals surface area contributed by atoms with Crippen molar-refractivity contribution in [1.82, 2.24) is 9.13 Å². The number of para-hydroxylation sites is 1. The zero-order chi connectivity index (χ0) is 37.5. The van der Waals surface area contributed by atoms with E-state index in [9.17, 15) is 0 Å². The Hall–Kier alpha value is -7.36. The van der Waals surface area contributed by atoms with Gasteiger partial charge in [0.25, 0.3) is 0 Å². The third-order valence-corrected chi connectivity index (χ3v) is 12.0. The number of aromatic nitrogens is 2. The normalized spacial score (nSPS) is 12.7. The van der Waals surface area contributed by atoms with Gasteiger partial charge in [0.2, 0.25) is 0 Å². The number of aryl methyl sites for hydroxylation is 1. The van der Waals surface area contributed by atoms with Crippen LogP contribution in [-0.2, 0) is 6.42 Å². The van der Waals surface area contributed by atoms with Crippen LogP contribution in [0.3, 0.4) is 0 Å². The maximum absolute atomic E-state index is 6.40. The molecule has 268 valence electrons. The molecule has 1 aliphatic rings. The summed E-state index contributed by atoms with van der Waals surface area (Å²) in [7, 11) is 0. The molecule has 11 aromatic rings. The van der Waals surface area contributed by atoms with Crippen molar-refractivity contribution in [3.8, 4) is 44.8 Å². The smallest absolute Gasteiger partial charge is 0.135 e. The molecule has 1 aliphatic carbocycles. The fourth-order valence-corrected chi connectivity index (χ4v) is 9.27. The molecule has 0 atom stereocenters. The number of furan rings is 1. The molecule has 0 amide bonds. The Kier molecular flexibility index (Phi) is 7.05. The molecule has 3 aromatic heterocycles. The fourth-order valence-electron chi connectivity index (χ4n) is 9.27. The van der Waals surface area contributed by atoms with Gasteiger partial charge in [-0.25, -0.2) is 0 Å². The van der Waals surface area contributed by atoms with Gasteiger partial charge in [0.1, 0.15) is 11.2 Å². The summed E-state index contributed by atoms with van der Waals surface area (Å²) in [6, 6.07) is 66.1. The van der Waals surface area contributed by atoms with Crippen LogP contribution in [0, 0.1) is 0 Å². The number of hydrogen-bond acceptors (Lipinski definition) is 1.